The Balaban J connectivity index is 1.69. The molecule has 6 nitrogen and oxygen atoms in total. The number of carbonyl (C=O) groups is 1. The van der Waals surface area contributed by atoms with Crippen molar-refractivity contribution in [3.05, 3.63) is 83.4 Å². The van der Waals surface area contributed by atoms with E-state index >= 15 is 0 Å². The Bertz CT molecular complexity index is 1170. The van der Waals surface area contributed by atoms with Gasteiger partial charge in [-0.2, -0.15) is 5.10 Å². The van der Waals surface area contributed by atoms with Crippen LogP contribution in [-0.2, 0) is 6.54 Å². The molecular weight excluding hydrogens is 410 g/mol. The number of para-hydroxylation sites is 2. The summed E-state index contributed by atoms with van der Waals surface area (Å²) in [5.41, 5.74) is 2.99. The molecule has 0 aliphatic carbocycles. The molecule has 0 aliphatic rings. The summed E-state index contributed by atoms with van der Waals surface area (Å²) in [5.74, 6) is 1.15. The number of ether oxygens (including phenoxy) is 2. The van der Waals surface area contributed by atoms with Crippen LogP contribution in [0.2, 0.25) is 0 Å². The average molecular weight is 434 g/mol. The Morgan fingerprint density at radius 2 is 1.84 bits per heavy atom. The Hall–Kier alpha value is -3.58. The van der Waals surface area contributed by atoms with Crippen LogP contribution in [0.15, 0.2) is 72.2 Å². The van der Waals surface area contributed by atoms with E-state index in [0.29, 0.717) is 29.3 Å². The van der Waals surface area contributed by atoms with Crippen molar-refractivity contribution in [2.75, 3.05) is 21.3 Å². The average Bonchev–Trinajstić information content (AvgIpc) is 3.49. The maximum atomic E-state index is 13.5. The van der Waals surface area contributed by atoms with Gasteiger partial charge in [0.1, 0.15) is 5.69 Å². The lowest BCUT2D eigenvalue weighted by molar-refractivity contribution is 0.0784. The second kappa shape index (κ2) is 9.06. The third-order valence-electron chi connectivity index (χ3n) is 4.96. The van der Waals surface area contributed by atoms with E-state index in [4.69, 9.17) is 14.6 Å². The number of benzene rings is 2. The van der Waals surface area contributed by atoms with Crippen molar-refractivity contribution >= 4 is 17.2 Å². The molecule has 0 saturated carbocycles. The summed E-state index contributed by atoms with van der Waals surface area (Å²) in [4.78, 5) is 16.1. The Morgan fingerprint density at radius 1 is 1.03 bits per heavy atom. The van der Waals surface area contributed by atoms with E-state index in [1.807, 2.05) is 66.0 Å². The van der Waals surface area contributed by atoms with Gasteiger partial charge < -0.3 is 14.4 Å². The molecule has 1 amide bonds. The normalized spacial score (nSPS) is 10.7. The Kier molecular flexibility index (Phi) is 6.04. The molecule has 2 aromatic heterocycles. The SMILES string of the molecule is COc1cccc(CN(C)C(=O)c2cn(-c3ccccc3)nc2-c2cccs2)c1OC. The van der Waals surface area contributed by atoms with E-state index in [1.54, 1.807) is 48.4 Å². The van der Waals surface area contributed by atoms with Gasteiger partial charge in [-0.25, -0.2) is 4.68 Å². The summed E-state index contributed by atoms with van der Waals surface area (Å²) >= 11 is 1.56. The first kappa shape index (κ1) is 20.7. The summed E-state index contributed by atoms with van der Waals surface area (Å²) in [7, 11) is 4.98. The molecule has 0 bridgehead atoms. The van der Waals surface area contributed by atoms with Gasteiger partial charge in [-0.3, -0.25) is 4.79 Å². The van der Waals surface area contributed by atoms with Crippen LogP contribution < -0.4 is 9.47 Å². The zero-order valence-electron chi connectivity index (χ0n) is 17.6. The molecule has 4 aromatic rings. The van der Waals surface area contributed by atoms with Crippen molar-refractivity contribution in [3.8, 4) is 27.8 Å². The highest BCUT2D eigenvalue weighted by Gasteiger charge is 2.23. The summed E-state index contributed by atoms with van der Waals surface area (Å²) in [6, 6.07) is 19.4. The number of hydrogen-bond donors (Lipinski definition) is 0. The summed E-state index contributed by atoms with van der Waals surface area (Å²) in [6.07, 6.45) is 1.80. The van der Waals surface area contributed by atoms with Crippen LogP contribution in [0.3, 0.4) is 0 Å². The largest absolute Gasteiger partial charge is 0.493 e. The summed E-state index contributed by atoms with van der Waals surface area (Å²) in [6.45, 7) is 0.375. The highest BCUT2D eigenvalue weighted by Crippen LogP contribution is 2.32. The second-order valence-corrected chi connectivity index (χ2v) is 7.91. The van der Waals surface area contributed by atoms with E-state index < -0.39 is 0 Å². The van der Waals surface area contributed by atoms with Crippen LogP contribution in [0, 0.1) is 0 Å². The summed E-state index contributed by atoms with van der Waals surface area (Å²) < 4.78 is 12.7. The standard InChI is InChI=1S/C24H23N3O3S/c1-26(15-17-9-7-12-20(29-2)23(17)30-3)24(28)19-16-27(18-10-5-4-6-11-18)25-22(19)21-13-8-14-31-21/h4-14,16H,15H2,1-3H3. The molecule has 158 valence electrons. The maximum absolute atomic E-state index is 13.5. The number of amides is 1. The van der Waals surface area contributed by atoms with Crippen LogP contribution in [0.5, 0.6) is 11.5 Å². The number of aromatic nitrogens is 2. The van der Waals surface area contributed by atoms with Gasteiger partial charge in [0.05, 0.1) is 30.3 Å². The van der Waals surface area contributed by atoms with Gasteiger partial charge in [-0.1, -0.05) is 36.4 Å². The number of methoxy groups -OCH3 is 2. The predicted octanol–water partition coefficient (Wildman–Crippen LogP) is 4.89. The van der Waals surface area contributed by atoms with E-state index in [2.05, 4.69) is 0 Å². The summed E-state index contributed by atoms with van der Waals surface area (Å²) in [5, 5.41) is 6.71. The van der Waals surface area contributed by atoms with Gasteiger partial charge in [0.15, 0.2) is 11.5 Å². The Labute approximate surface area is 185 Å². The fourth-order valence-electron chi connectivity index (χ4n) is 3.45. The van der Waals surface area contributed by atoms with Gasteiger partial charge in [0, 0.05) is 25.4 Å². The monoisotopic (exact) mass is 433 g/mol. The Morgan fingerprint density at radius 3 is 2.52 bits per heavy atom. The minimum atomic E-state index is -0.115. The molecule has 0 radical (unpaired) electrons. The van der Waals surface area contributed by atoms with Crippen molar-refractivity contribution < 1.29 is 14.3 Å². The van der Waals surface area contributed by atoms with Gasteiger partial charge in [-0.05, 0) is 29.6 Å². The quantitative estimate of drug-likeness (QED) is 0.416. The molecule has 2 aromatic carbocycles. The molecule has 0 atom stereocenters. The molecule has 0 fully saturated rings. The van der Waals surface area contributed by atoms with Crippen LogP contribution in [0.4, 0.5) is 0 Å². The molecular formula is C24H23N3O3S. The zero-order chi connectivity index (χ0) is 21.8. The number of thiophene rings is 1. The first-order valence-electron chi connectivity index (χ1n) is 9.76. The lowest BCUT2D eigenvalue weighted by Crippen LogP contribution is -2.26. The topological polar surface area (TPSA) is 56.6 Å². The smallest absolute Gasteiger partial charge is 0.257 e. The van der Waals surface area contributed by atoms with Gasteiger partial charge in [-0.15, -0.1) is 11.3 Å². The molecule has 0 N–H and O–H groups in total. The van der Waals surface area contributed by atoms with E-state index in [0.717, 1.165) is 16.1 Å². The molecule has 0 unspecified atom stereocenters. The molecule has 4 rings (SSSR count). The van der Waals surface area contributed by atoms with Crippen molar-refractivity contribution in [2.45, 2.75) is 6.54 Å². The molecule has 2 heterocycles. The molecule has 31 heavy (non-hydrogen) atoms. The van der Waals surface area contributed by atoms with Crippen LogP contribution >= 0.6 is 11.3 Å². The molecule has 7 heteroatoms. The van der Waals surface area contributed by atoms with Crippen molar-refractivity contribution in [2.24, 2.45) is 0 Å². The minimum Gasteiger partial charge on any atom is -0.493 e. The highest BCUT2D eigenvalue weighted by atomic mass is 32.1. The fourth-order valence-corrected chi connectivity index (χ4v) is 4.17. The van der Waals surface area contributed by atoms with Crippen LogP contribution in [0.25, 0.3) is 16.3 Å². The molecule has 0 aliphatic heterocycles. The highest BCUT2D eigenvalue weighted by molar-refractivity contribution is 7.13. The maximum Gasteiger partial charge on any atom is 0.257 e. The van der Waals surface area contributed by atoms with Gasteiger partial charge in [0.25, 0.3) is 5.91 Å². The molecule has 0 spiro atoms. The lowest BCUT2D eigenvalue weighted by atomic mass is 10.1. The van der Waals surface area contributed by atoms with E-state index in [9.17, 15) is 4.79 Å². The number of hydrogen-bond acceptors (Lipinski definition) is 5. The third kappa shape index (κ3) is 4.18. The second-order valence-electron chi connectivity index (χ2n) is 6.96. The van der Waals surface area contributed by atoms with Crippen LogP contribution in [0.1, 0.15) is 15.9 Å². The van der Waals surface area contributed by atoms with Gasteiger partial charge >= 0.3 is 0 Å². The first-order chi connectivity index (χ1) is 15.1. The lowest BCUT2D eigenvalue weighted by Gasteiger charge is -2.19. The number of rotatable bonds is 7. The number of nitrogens with zero attached hydrogens (tertiary/aromatic N) is 3. The molecule has 0 saturated heterocycles. The predicted molar refractivity (Wildman–Crippen MR) is 122 cm³/mol. The van der Waals surface area contributed by atoms with E-state index in [1.165, 1.54) is 0 Å². The van der Waals surface area contributed by atoms with Gasteiger partial charge in [0.2, 0.25) is 0 Å². The minimum absolute atomic E-state index is 0.115. The number of carbonyl (C=O) groups excluding carboxylic acids is 1. The third-order valence-corrected chi connectivity index (χ3v) is 5.84. The van der Waals surface area contributed by atoms with Crippen molar-refractivity contribution in [3.63, 3.8) is 0 Å². The van der Waals surface area contributed by atoms with Crippen LogP contribution in [-0.4, -0.2) is 41.9 Å². The first-order valence-corrected chi connectivity index (χ1v) is 10.6. The van der Waals surface area contributed by atoms with Crippen molar-refractivity contribution in [1.82, 2.24) is 14.7 Å². The van der Waals surface area contributed by atoms with Crippen molar-refractivity contribution in [1.29, 1.82) is 0 Å². The zero-order valence-corrected chi connectivity index (χ0v) is 18.4. The van der Waals surface area contributed by atoms with E-state index in [-0.39, 0.29) is 5.91 Å². The fraction of sp³-hybridized carbons (Fsp3) is 0.167.